The molecule has 0 N–H and O–H groups in total. The fourth-order valence-electron chi connectivity index (χ4n) is 2.57. The van der Waals surface area contributed by atoms with Crippen LogP contribution >= 0.6 is 11.3 Å². The highest BCUT2D eigenvalue weighted by Crippen LogP contribution is 2.30. The maximum absolute atomic E-state index is 12.7. The lowest BCUT2D eigenvalue weighted by Gasteiger charge is -2.33. The molecule has 2 atom stereocenters. The molecule has 0 radical (unpaired) electrons. The maximum atomic E-state index is 12.7. The first-order chi connectivity index (χ1) is 9.36. The lowest BCUT2D eigenvalue weighted by molar-refractivity contribution is 0.0590. The molecule has 1 aliphatic heterocycles. The normalized spacial score (nSPS) is 24.6. The summed E-state index contributed by atoms with van der Waals surface area (Å²) in [5.41, 5.74) is 1.24. The zero-order valence-electron chi connectivity index (χ0n) is 11.7. The van der Waals surface area contributed by atoms with Crippen LogP contribution in [0.5, 0.6) is 0 Å². The van der Waals surface area contributed by atoms with Gasteiger partial charge in [-0.15, -0.1) is 11.3 Å². The summed E-state index contributed by atoms with van der Waals surface area (Å²) in [7, 11) is -2.47. The monoisotopic (exact) mass is 318 g/mol. The summed E-state index contributed by atoms with van der Waals surface area (Å²) in [6.07, 6.45) is 1.01. The average Bonchev–Trinajstić information content (AvgIpc) is 2.86. The van der Waals surface area contributed by atoms with Crippen LogP contribution in [0.2, 0.25) is 0 Å². The van der Waals surface area contributed by atoms with E-state index in [-0.39, 0.29) is 9.90 Å². The highest BCUT2D eigenvalue weighted by atomic mass is 32.2. The third kappa shape index (κ3) is 2.87. The molecule has 1 saturated heterocycles. The van der Waals surface area contributed by atoms with Crippen molar-refractivity contribution < 1.29 is 17.9 Å². The fraction of sp³-hybridized carbons (Fsp3) is 0.667. The molecule has 1 aromatic heterocycles. The summed E-state index contributed by atoms with van der Waals surface area (Å²) in [6, 6.07) is 0. The molecule has 0 aliphatic carbocycles. The van der Waals surface area contributed by atoms with Gasteiger partial charge in [0.1, 0.15) is 0 Å². The van der Waals surface area contributed by atoms with Gasteiger partial charge in [0.25, 0.3) is 10.0 Å². The molecule has 2 rings (SSSR count). The number of esters is 1. The number of thiazole rings is 1. The minimum absolute atomic E-state index is 0.0225. The number of sulfonamides is 1. The molecule has 6 nitrogen and oxygen atoms in total. The van der Waals surface area contributed by atoms with Gasteiger partial charge in [0.2, 0.25) is 0 Å². The van der Waals surface area contributed by atoms with E-state index in [4.69, 9.17) is 0 Å². The smallest absolute Gasteiger partial charge is 0.358 e. The molecule has 0 saturated carbocycles. The Balaban J connectivity index is 2.36. The van der Waals surface area contributed by atoms with Crippen LogP contribution in [-0.2, 0) is 14.8 Å². The third-order valence-corrected chi connectivity index (χ3v) is 6.50. The van der Waals surface area contributed by atoms with Crippen LogP contribution in [0.1, 0.15) is 30.8 Å². The number of methoxy groups -OCH3 is 1. The third-order valence-electron chi connectivity index (χ3n) is 3.32. The predicted octanol–water partition coefficient (Wildman–Crippen LogP) is 1.60. The molecular formula is C12H18N2O4S2. The van der Waals surface area contributed by atoms with Gasteiger partial charge in [0.05, 0.1) is 12.6 Å². The molecule has 0 bridgehead atoms. The Hall–Kier alpha value is -0.990. The largest absolute Gasteiger partial charge is 0.464 e. The van der Waals surface area contributed by atoms with Gasteiger partial charge in [0.15, 0.2) is 9.90 Å². The summed E-state index contributed by atoms with van der Waals surface area (Å²) in [6.45, 7) is 5.02. The Kier molecular flexibility index (Phi) is 4.46. The average molecular weight is 318 g/mol. The van der Waals surface area contributed by atoms with Crippen molar-refractivity contribution in [1.82, 2.24) is 9.29 Å². The molecule has 8 heteroatoms. The van der Waals surface area contributed by atoms with E-state index in [0.29, 0.717) is 24.9 Å². The topological polar surface area (TPSA) is 76.6 Å². The van der Waals surface area contributed by atoms with E-state index in [1.54, 1.807) is 0 Å². The minimum Gasteiger partial charge on any atom is -0.464 e. The Morgan fingerprint density at radius 3 is 2.55 bits per heavy atom. The zero-order chi connectivity index (χ0) is 14.9. The zero-order valence-corrected chi connectivity index (χ0v) is 13.3. The number of ether oxygens (including phenoxy) is 1. The van der Waals surface area contributed by atoms with E-state index < -0.39 is 16.0 Å². The van der Waals surface area contributed by atoms with Gasteiger partial charge in [0, 0.05) is 13.1 Å². The van der Waals surface area contributed by atoms with Crippen molar-refractivity contribution in [2.24, 2.45) is 11.8 Å². The summed E-state index contributed by atoms with van der Waals surface area (Å²) in [5, 5.41) is 0. The molecule has 0 spiro atoms. The van der Waals surface area contributed by atoms with Crippen molar-refractivity contribution in [2.75, 3.05) is 20.2 Å². The first-order valence-corrected chi connectivity index (χ1v) is 8.70. The van der Waals surface area contributed by atoms with Crippen molar-refractivity contribution in [3.63, 3.8) is 0 Å². The van der Waals surface area contributed by atoms with E-state index in [9.17, 15) is 13.2 Å². The fourth-order valence-corrected chi connectivity index (χ4v) is 5.52. The number of hydrogen-bond donors (Lipinski definition) is 0. The number of aromatic nitrogens is 1. The number of carbonyl (C=O) groups excluding carboxylic acids is 1. The van der Waals surface area contributed by atoms with Crippen molar-refractivity contribution in [3.05, 3.63) is 11.2 Å². The molecule has 1 aromatic rings. The van der Waals surface area contributed by atoms with Crippen LogP contribution in [0.15, 0.2) is 9.72 Å². The predicted molar refractivity (Wildman–Crippen MR) is 75.2 cm³/mol. The Bertz CT molecular complexity index is 586. The van der Waals surface area contributed by atoms with Crippen molar-refractivity contribution in [2.45, 2.75) is 24.5 Å². The molecule has 0 aromatic carbocycles. The number of carbonyl (C=O) groups is 1. The molecule has 1 aliphatic rings. The highest BCUT2D eigenvalue weighted by molar-refractivity contribution is 7.91. The van der Waals surface area contributed by atoms with Gasteiger partial charge in [-0.1, -0.05) is 13.8 Å². The van der Waals surface area contributed by atoms with Gasteiger partial charge in [-0.2, -0.15) is 4.31 Å². The standard InChI is InChI=1S/C12H18N2O4S2/c1-8-4-9(2)6-14(5-8)20(16,17)12-10(11(15)18-3)13-7-19-12/h7-9H,4-6H2,1-3H3. The van der Waals surface area contributed by atoms with Crippen molar-refractivity contribution in [3.8, 4) is 0 Å². The SMILES string of the molecule is COC(=O)c1ncsc1S(=O)(=O)N1CC(C)CC(C)C1. The summed E-state index contributed by atoms with van der Waals surface area (Å²) in [4.78, 5) is 15.4. The number of rotatable bonds is 3. The second kappa shape index (κ2) is 5.79. The van der Waals surface area contributed by atoms with Gasteiger partial charge >= 0.3 is 5.97 Å². The van der Waals surface area contributed by atoms with Crippen LogP contribution in [0, 0.1) is 11.8 Å². The second-order valence-electron chi connectivity index (χ2n) is 5.25. The van der Waals surface area contributed by atoms with Crippen LogP contribution in [0.4, 0.5) is 0 Å². The van der Waals surface area contributed by atoms with Gasteiger partial charge in [-0.05, 0) is 18.3 Å². The molecule has 1 fully saturated rings. The molecule has 2 unspecified atom stereocenters. The Labute approximate surface area is 122 Å². The minimum atomic E-state index is -3.68. The Morgan fingerprint density at radius 2 is 2.00 bits per heavy atom. The summed E-state index contributed by atoms with van der Waals surface area (Å²) < 4.78 is 31.3. The van der Waals surface area contributed by atoms with Crippen LogP contribution in [0.3, 0.4) is 0 Å². The number of hydrogen-bond acceptors (Lipinski definition) is 6. The quantitative estimate of drug-likeness (QED) is 0.791. The summed E-state index contributed by atoms with van der Waals surface area (Å²) in [5.74, 6) is -0.103. The lowest BCUT2D eigenvalue weighted by atomic mass is 9.94. The van der Waals surface area contributed by atoms with E-state index in [2.05, 4.69) is 9.72 Å². The molecule has 20 heavy (non-hydrogen) atoms. The molecular weight excluding hydrogens is 300 g/mol. The van der Waals surface area contributed by atoms with Gasteiger partial charge in [-0.25, -0.2) is 18.2 Å². The Morgan fingerprint density at radius 1 is 1.40 bits per heavy atom. The molecule has 2 heterocycles. The number of piperidine rings is 1. The van der Waals surface area contributed by atoms with Gasteiger partial charge in [-0.3, -0.25) is 0 Å². The van der Waals surface area contributed by atoms with E-state index in [1.807, 2.05) is 13.8 Å². The van der Waals surface area contributed by atoms with Crippen LogP contribution in [0.25, 0.3) is 0 Å². The van der Waals surface area contributed by atoms with E-state index in [1.165, 1.54) is 16.9 Å². The van der Waals surface area contributed by atoms with Gasteiger partial charge < -0.3 is 4.74 Å². The highest BCUT2D eigenvalue weighted by Gasteiger charge is 2.36. The molecule has 112 valence electrons. The lowest BCUT2D eigenvalue weighted by Crippen LogP contribution is -2.42. The van der Waals surface area contributed by atoms with Crippen LogP contribution < -0.4 is 0 Å². The second-order valence-corrected chi connectivity index (χ2v) is 8.24. The number of nitrogens with zero attached hydrogens (tertiary/aromatic N) is 2. The molecule has 0 amide bonds. The van der Waals surface area contributed by atoms with E-state index >= 15 is 0 Å². The summed E-state index contributed by atoms with van der Waals surface area (Å²) >= 11 is 0.955. The van der Waals surface area contributed by atoms with E-state index in [0.717, 1.165) is 17.8 Å². The van der Waals surface area contributed by atoms with Crippen LogP contribution in [-0.4, -0.2) is 43.9 Å². The first-order valence-electron chi connectivity index (χ1n) is 6.38. The first kappa shape index (κ1) is 15.4. The van der Waals surface area contributed by atoms with Crippen molar-refractivity contribution in [1.29, 1.82) is 0 Å². The van der Waals surface area contributed by atoms with Crippen molar-refractivity contribution >= 4 is 27.3 Å². The maximum Gasteiger partial charge on any atom is 0.358 e.